The second-order valence-corrected chi connectivity index (χ2v) is 9.83. The Morgan fingerprint density at radius 3 is 2.54 bits per heavy atom. The van der Waals surface area contributed by atoms with Crippen LogP contribution in [0.4, 0.5) is 8.78 Å². The number of imide groups is 1. The van der Waals surface area contributed by atoms with Gasteiger partial charge >= 0.3 is 0 Å². The number of nitrogens with zero attached hydrogens (tertiary/aromatic N) is 1. The summed E-state index contributed by atoms with van der Waals surface area (Å²) in [5, 5.41) is 5.72. The van der Waals surface area contributed by atoms with Gasteiger partial charge in [-0.3, -0.25) is 19.7 Å². The minimum Gasteiger partial charge on any atom is -0.322 e. The summed E-state index contributed by atoms with van der Waals surface area (Å²) in [6.07, 6.45) is 5.54. The van der Waals surface area contributed by atoms with Gasteiger partial charge in [-0.05, 0) is 60.9 Å². The van der Waals surface area contributed by atoms with Crippen molar-refractivity contribution < 1.29 is 23.2 Å². The van der Waals surface area contributed by atoms with Crippen LogP contribution in [0.5, 0.6) is 0 Å². The Balaban J connectivity index is 1.26. The molecule has 1 saturated heterocycles. The topological polar surface area (TPSA) is 78.5 Å². The fourth-order valence-corrected chi connectivity index (χ4v) is 5.71. The first-order chi connectivity index (χ1) is 16.9. The Hall–Kier alpha value is -3.13. The lowest BCUT2D eigenvalue weighted by Gasteiger charge is -2.33. The molecule has 2 aromatic carbocycles. The number of carbonyl (C=O) groups excluding carboxylic acids is 3. The molecule has 0 spiro atoms. The molecule has 0 aromatic heterocycles. The zero-order chi connectivity index (χ0) is 24.5. The third kappa shape index (κ3) is 4.85. The van der Waals surface area contributed by atoms with E-state index in [0.29, 0.717) is 24.4 Å². The molecule has 1 aliphatic carbocycles. The molecule has 3 amide bonds. The molecule has 0 radical (unpaired) electrons. The van der Waals surface area contributed by atoms with Crippen molar-refractivity contribution in [2.24, 2.45) is 5.92 Å². The Bertz CT molecular complexity index is 1150. The third-order valence-corrected chi connectivity index (χ3v) is 7.60. The number of rotatable bonds is 6. The van der Waals surface area contributed by atoms with E-state index in [1.165, 1.54) is 18.2 Å². The molecule has 2 heterocycles. The highest BCUT2D eigenvalue weighted by molar-refractivity contribution is 6.05. The molecular weight excluding hydrogens is 452 g/mol. The maximum Gasteiger partial charge on any atom is 0.255 e. The van der Waals surface area contributed by atoms with Crippen LogP contribution in [0.15, 0.2) is 36.4 Å². The van der Waals surface area contributed by atoms with Crippen LogP contribution < -0.4 is 10.6 Å². The third-order valence-electron chi connectivity index (χ3n) is 7.60. The standard InChI is InChI=1S/C27H29F2N3O3/c28-21-5-3-6-22(29)20(21)14-30-23-7-2-1-4-17(23)12-16-8-9-19-18(13-16)15-32(27(19)35)24-10-11-25(33)31-26(24)34/h3,5-6,8-9,13,17,23-24,30H,1-2,4,7,10-12,14-15H2,(H,31,33,34)/t17-,23+,24?/m1/s1. The monoisotopic (exact) mass is 481 g/mol. The summed E-state index contributed by atoms with van der Waals surface area (Å²) in [5.74, 6) is -1.64. The van der Waals surface area contributed by atoms with Gasteiger partial charge in [-0.1, -0.05) is 31.0 Å². The van der Waals surface area contributed by atoms with E-state index in [1.807, 2.05) is 18.2 Å². The lowest BCUT2D eigenvalue weighted by molar-refractivity contribution is -0.136. The lowest BCUT2D eigenvalue weighted by atomic mass is 9.80. The number of nitrogens with one attached hydrogen (secondary N) is 2. The van der Waals surface area contributed by atoms with Gasteiger partial charge in [0.15, 0.2) is 0 Å². The molecule has 3 aliphatic rings. The number of amides is 3. The number of piperidine rings is 1. The van der Waals surface area contributed by atoms with E-state index in [4.69, 9.17) is 0 Å². The second-order valence-electron chi connectivity index (χ2n) is 9.83. The maximum atomic E-state index is 14.1. The van der Waals surface area contributed by atoms with E-state index in [2.05, 4.69) is 10.6 Å². The largest absolute Gasteiger partial charge is 0.322 e. The number of benzene rings is 2. The van der Waals surface area contributed by atoms with Gasteiger partial charge in [0.2, 0.25) is 11.8 Å². The lowest BCUT2D eigenvalue weighted by Crippen LogP contribution is -2.52. The van der Waals surface area contributed by atoms with Crippen LogP contribution in [0.25, 0.3) is 0 Å². The first-order valence-electron chi connectivity index (χ1n) is 12.3. The minimum absolute atomic E-state index is 0.0707. The first-order valence-corrected chi connectivity index (χ1v) is 12.3. The quantitative estimate of drug-likeness (QED) is 0.618. The molecule has 1 saturated carbocycles. The van der Waals surface area contributed by atoms with E-state index in [-0.39, 0.29) is 36.4 Å². The highest BCUT2D eigenvalue weighted by atomic mass is 19.1. The average Bonchev–Trinajstić information content (AvgIpc) is 3.15. The van der Waals surface area contributed by atoms with Crippen LogP contribution in [-0.2, 0) is 29.1 Å². The van der Waals surface area contributed by atoms with Gasteiger partial charge in [0.1, 0.15) is 17.7 Å². The SMILES string of the molecule is O=C1CCC(N2Cc3cc(C[C@H]4CCCC[C@@H]4NCc4c(F)cccc4F)ccc3C2=O)C(=O)N1. The van der Waals surface area contributed by atoms with Gasteiger partial charge in [0, 0.05) is 36.7 Å². The molecule has 2 fully saturated rings. The summed E-state index contributed by atoms with van der Waals surface area (Å²) in [6, 6.07) is 9.30. The van der Waals surface area contributed by atoms with Crippen molar-refractivity contribution in [1.82, 2.24) is 15.5 Å². The van der Waals surface area contributed by atoms with E-state index in [0.717, 1.165) is 43.2 Å². The van der Waals surface area contributed by atoms with Gasteiger partial charge in [-0.2, -0.15) is 0 Å². The molecular formula is C27H29F2N3O3. The summed E-state index contributed by atoms with van der Waals surface area (Å²) in [4.78, 5) is 38.3. The van der Waals surface area contributed by atoms with Crippen molar-refractivity contribution in [3.05, 3.63) is 70.3 Å². The number of hydrogen-bond donors (Lipinski definition) is 2. The summed E-state index contributed by atoms with van der Waals surface area (Å²) >= 11 is 0. The zero-order valence-corrected chi connectivity index (χ0v) is 19.5. The summed E-state index contributed by atoms with van der Waals surface area (Å²) in [5.41, 5.74) is 2.68. The van der Waals surface area contributed by atoms with E-state index < -0.39 is 23.6 Å². The Morgan fingerprint density at radius 2 is 1.77 bits per heavy atom. The van der Waals surface area contributed by atoms with Crippen molar-refractivity contribution in [3.63, 3.8) is 0 Å². The Kier molecular flexibility index (Phi) is 6.65. The van der Waals surface area contributed by atoms with E-state index >= 15 is 0 Å². The molecule has 0 bridgehead atoms. The van der Waals surface area contributed by atoms with Crippen LogP contribution in [0.1, 0.15) is 65.6 Å². The Labute approximate surface area is 203 Å². The molecule has 1 unspecified atom stereocenters. The molecule has 2 aliphatic heterocycles. The highest BCUT2D eigenvalue weighted by Crippen LogP contribution is 2.32. The number of hydrogen-bond acceptors (Lipinski definition) is 4. The number of carbonyl (C=O) groups is 3. The molecule has 5 rings (SSSR count). The molecule has 184 valence electrons. The van der Waals surface area contributed by atoms with Crippen LogP contribution in [0.3, 0.4) is 0 Å². The van der Waals surface area contributed by atoms with Crippen molar-refractivity contribution in [2.45, 2.75) is 70.1 Å². The normalized spacial score (nSPS) is 24.5. The molecule has 2 N–H and O–H groups in total. The fourth-order valence-electron chi connectivity index (χ4n) is 5.71. The summed E-state index contributed by atoms with van der Waals surface area (Å²) < 4.78 is 28.1. The van der Waals surface area contributed by atoms with Crippen LogP contribution >= 0.6 is 0 Å². The maximum absolute atomic E-state index is 14.1. The van der Waals surface area contributed by atoms with Crippen molar-refractivity contribution in [2.75, 3.05) is 0 Å². The van der Waals surface area contributed by atoms with Crippen LogP contribution in [0.2, 0.25) is 0 Å². The van der Waals surface area contributed by atoms with Crippen molar-refractivity contribution in [3.8, 4) is 0 Å². The van der Waals surface area contributed by atoms with Gasteiger partial charge in [-0.25, -0.2) is 8.78 Å². The van der Waals surface area contributed by atoms with Gasteiger partial charge in [-0.15, -0.1) is 0 Å². The minimum atomic E-state index is -0.623. The van der Waals surface area contributed by atoms with E-state index in [1.54, 1.807) is 4.90 Å². The highest BCUT2D eigenvalue weighted by Gasteiger charge is 2.39. The predicted molar refractivity (Wildman–Crippen MR) is 125 cm³/mol. The zero-order valence-electron chi connectivity index (χ0n) is 19.5. The molecule has 6 nitrogen and oxygen atoms in total. The number of halogens is 2. The van der Waals surface area contributed by atoms with Gasteiger partial charge in [0.25, 0.3) is 5.91 Å². The molecule has 35 heavy (non-hydrogen) atoms. The number of fused-ring (bicyclic) bond motifs is 1. The predicted octanol–water partition coefficient (Wildman–Crippen LogP) is 3.62. The first kappa shape index (κ1) is 23.6. The molecule has 2 aromatic rings. The van der Waals surface area contributed by atoms with Crippen LogP contribution in [-0.4, -0.2) is 34.7 Å². The van der Waals surface area contributed by atoms with E-state index in [9.17, 15) is 23.2 Å². The van der Waals surface area contributed by atoms with Crippen molar-refractivity contribution >= 4 is 17.7 Å². The van der Waals surface area contributed by atoms with Crippen molar-refractivity contribution in [1.29, 1.82) is 0 Å². The fraction of sp³-hybridized carbons (Fsp3) is 0.444. The smallest absolute Gasteiger partial charge is 0.255 e. The Morgan fingerprint density at radius 1 is 1.00 bits per heavy atom. The second kappa shape index (κ2) is 9.85. The molecule has 8 heteroatoms. The van der Waals surface area contributed by atoms with Crippen LogP contribution in [0, 0.1) is 17.6 Å². The average molecular weight is 482 g/mol. The summed E-state index contributed by atoms with van der Waals surface area (Å²) in [7, 11) is 0. The molecule has 3 atom stereocenters. The van der Waals surface area contributed by atoms with Gasteiger partial charge in [0.05, 0.1) is 0 Å². The summed E-state index contributed by atoms with van der Waals surface area (Å²) in [6.45, 7) is 0.506. The van der Waals surface area contributed by atoms with Gasteiger partial charge < -0.3 is 10.2 Å².